The molecule has 0 spiro atoms. The number of carbonyl (C=O) groups excluding carboxylic acids is 1. The Kier molecular flexibility index (Phi) is 7.15. The van der Waals surface area contributed by atoms with Crippen LogP contribution in [0.15, 0.2) is 53.1 Å². The van der Waals surface area contributed by atoms with Crippen LogP contribution in [0.1, 0.15) is 25.1 Å². The van der Waals surface area contributed by atoms with Crippen LogP contribution in [0.25, 0.3) is 39.8 Å². The molecule has 4 rings (SSSR count). The Morgan fingerprint density at radius 2 is 2.00 bits per heavy atom. The summed E-state index contributed by atoms with van der Waals surface area (Å²) in [5, 5.41) is 24.9. The second-order valence-corrected chi connectivity index (χ2v) is 7.09. The number of benzene rings is 2. The van der Waals surface area contributed by atoms with Crippen LogP contribution in [-0.4, -0.2) is 27.2 Å². The molecule has 0 aliphatic heterocycles. The summed E-state index contributed by atoms with van der Waals surface area (Å²) in [5.41, 5.74) is 3.21. The third kappa shape index (κ3) is 5.08. The maximum atomic E-state index is 10.6. The molecule has 0 saturated carbocycles. The number of hydrogen-bond acceptors (Lipinski definition) is 7. The molecular weight excluding hydrogens is 419 g/mol. The molecule has 2 heterocycles. The zero-order chi connectivity index (χ0) is 22.0. The van der Waals surface area contributed by atoms with Gasteiger partial charge < -0.3 is 24.1 Å². The van der Waals surface area contributed by atoms with Gasteiger partial charge in [0, 0.05) is 27.7 Å². The number of carbonyl (C=O) groups is 1. The van der Waals surface area contributed by atoms with Crippen LogP contribution in [-0.2, 0) is 4.79 Å². The first-order chi connectivity index (χ1) is 14.9. The number of nitrogens with zero attached hydrogens (tertiary/aromatic N) is 3. The maximum Gasteiger partial charge on any atom is 1.00 e. The summed E-state index contributed by atoms with van der Waals surface area (Å²) in [4.78, 5) is 18.1. The number of carboxylic acids is 1. The average Bonchev–Trinajstić information content (AvgIpc) is 3.38. The summed E-state index contributed by atoms with van der Waals surface area (Å²) in [5.74, 6) is -0.0789. The Hall–Kier alpha value is -3.38. The molecule has 0 saturated heterocycles. The van der Waals surface area contributed by atoms with Gasteiger partial charge in [-0.1, -0.05) is 5.16 Å². The van der Waals surface area contributed by atoms with Gasteiger partial charge in [-0.15, -0.1) is 0 Å². The fourth-order valence-electron chi connectivity index (χ4n) is 3.11. The SMILES string of the molecule is CC(C)Oc1ccc(-c2nc(-c3ccc4[nH]c(/C=C/C(=O)[O-])cc4c3)no2)cc1C#N.[Na+]. The number of rotatable bonds is 6. The monoisotopic (exact) mass is 436 g/mol. The number of H-pyrrole nitrogens is 1. The molecule has 4 aromatic rings. The smallest absolute Gasteiger partial charge is 0.545 e. The minimum Gasteiger partial charge on any atom is -0.545 e. The number of aromatic nitrogens is 3. The van der Waals surface area contributed by atoms with Crippen molar-refractivity contribution in [3.8, 4) is 34.7 Å². The zero-order valence-corrected chi connectivity index (χ0v) is 19.7. The van der Waals surface area contributed by atoms with E-state index >= 15 is 0 Å². The summed E-state index contributed by atoms with van der Waals surface area (Å²) < 4.78 is 11.0. The molecule has 0 atom stereocenters. The Balaban J connectivity index is 0.00000289. The van der Waals surface area contributed by atoms with Gasteiger partial charge in [0.25, 0.3) is 5.89 Å². The molecular formula is C23H17N4NaO4. The van der Waals surface area contributed by atoms with Gasteiger partial charge in [-0.2, -0.15) is 10.2 Å². The van der Waals surface area contributed by atoms with Crippen molar-refractivity contribution in [1.29, 1.82) is 5.26 Å². The molecule has 0 radical (unpaired) electrons. The molecule has 0 aliphatic rings. The number of aliphatic carboxylic acids is 1. The Bertz CT molecular complexity index is 1350. The van der Waals surface area contributed by atoms with Crippen LogP contribution < -0.4 is 39.4 Å². The van der Waals surface area contributed by atoms with Crippen LogP contribution in [0.5, 0.6) is 5.75 Å². The predicted molar refractivity (Wildman–Crippen MR) is 112 cm³/mol. The summed E-state index contributed by atoms with van der Waals surface area (Å²) >= 11 is 0. The van der Waals surface area contributed by atoms with E-state index in [-0.39, 0.29) is 41.6 Å². The number of hydrogen-bond donors (Lipinski definition) is 1. The van der Waals surface area contributed by atoms with Crippen molar-refractivity contribution in [3.05, 3.63) is 59.8 Å². The first kappa shape index (κ1) is 23.3. The molecule has 0 amide bonds. The third-order valence-corrected chi connectivity index (χ3v) is 4.43. The van der Waals surface area contributed by atoms with Gasteiger partial charge in [0.05, 0.1) is 17.6 Å². The number of ether oxygens (including phenoxy) is 1. The van der Waals surface area contributed by atoms with Crippen molar-refractivity contribution in [1.82, 2.24) is 15.1 Å². The molecule has 0 aliphatic carbocycles. The van der Waals surface area contributed by atoms with Gasteiger partial charge in [-0.25, -0.2) is 0 Å². The van der Waals surface area contributed by atoms with Crippen molar-refractivity contribution in [2.45, 2.75) is 20.0 Å². The molecule has 154 valence electrons. The Morgan fingerprint density at radius 1 is 1.22 bits per heavy atom. The minimum atomic E-state index is -1.26. The van der Waals surface area contributed by atoms with E-state index in [1.807, 2.05) is 38.1 Å². The molecule has 9 heteroatoms. The molecule has 0 bridgehead atoms. The first-order valence-electron chi connectivity index (χ1n) is 9.50. The van der Waals surface area contributed by atoms with E-state index in [4.69, 9.17) is 9.26 Å². The minimum absolute atomic E-state index is 0. The zero-order valence-electron chi connectivity index (χ0n) is 17.7. The van der Waals surface area contributed by atoms with Crippen LogP contribution in [0.3, 0.4) is 0 Å². The molecule has 2 aromatic carbocycles. The second kappa shape index (κ2) is 9.83. The normalized spacial score (nSPS) is 10.9. The van der Waals surface area contributed by atoms with Crippen molar-refractivity contribution in [2.24, 2.45) is 0 Å². The molecule has 0 fully saturated rings. The topological polar surface area (TPSA) is 128 Å². The van der Waals surface area contributed by atoms with Crippen molar-refractivity contribution < 1.29 is 48.7 Å². The van der Waals surface area contributed by atoms with E-state index in [1.165, 1.54) is 6.08 Å². The number of nitriles is 1. The molecule has 1 N–H and O–H groups in total. The van der Waals surface area contributed by atoms with Crippen molar-refractivity contribution in [3.63, 3.8) is 0 Å². The molecule has 0 unspecified atom stereocenters. The first-order valence-corrected chi connectivity index (χ1v) is 9.50. The van der Waals surface area contributed by atoms with Crippen LogP contribution in [0.2, 0.25) is 0 Å². The number of fused-ring (bicyclic) bond motifs is 1. The average molecular weight is 436 g/mol. The van der Waals surface area contributed by atoms with Crippen LogP contribution in [0.4, 0.5) is 0 Å². The quantitative estimate of drug-likeness (QED) is 0.340. The summed E-state index contributed by atoms with van der Waals surface area (Å²) in [7, 11) is 0. The molecule has 8 nitrogen and oxygen atoms in total. The van der Waals surface area contributed by atoms with Gasteiger partial charge in [-0.3, -0.25) is 0 Å². The van der Waals surface area contributed by atoms with Gasteiger partial charge in [0.2, 0.25) is 5.82 Å². The van der Waals surface area contributed by atoms with E-state index in [0.29, 0.717) is 28.4 Å². The third-order valence-electron chi connectivity index (χ3n) is 4.43. The standard InChI is InChI=1S/C23H18N4O4.Na/c1-13(2)30-20-7-4-15(10-17(20)12-24)23-26-22(27-31-23)14-3-6-19-16(9-14)11-18(25-19)5-8-21(28)29;/h3-11,13,25H,1-2H3,(H,28,29);/q;+1/p-1/b8-5+;. The van der Waals surface area contributed by atoms with E-state index in [1.54, 1.807) is 18.2 Å². The van der Waals surface area contributed by atoms with E-state index in [0.717, 1.165) is 22.5 Å². The predicted octanol–water partition coefficient (Wildman–Crippen LogP) is 0.311. The molecule has 32 heavy (non-hydrogen) atoms. The van der Waals surface area contributed by atoms with Crippen LogP contribution >= 0.6 is 0 Å². The number of nitrogens with one attached hydrogen (secondary N) is 1. The summed E-state index contributed by atoms with van der Waals surface area (Å²) in [6.07, 6.45) is 2.35. The Morgan fingerprint density at radius 3 is 2.72 bits per heavy atom. The van der Waals surface area contributed by atoms with Gasteiger partial charge in [0.15, 0.2) is 0 Å². The van der Waals surface area contributed by atoms with Crippen molar-refractivity contribution in [2.75, 3.05) is 0 Å². The molecule has 2 aromatic heterocycles. The van der Waals surface area contributed by atoms with Gasteiger partial charge in [-0.05, 0) is 68.5 Å². The second-order valence-electron chi connectivity index (χ2n) is 7.09. The Labute approximate surface area is 205 Å². The van der Waals surface area contributed by atoms with Crippen molar-refractivity contribution >= 4 is 22.9 Å². The van der Waals surface area contributed by atoms with Gasteiger partial charge >= 0.3 is 29.6 Å². The fraction of sp³-hybridized carbons (Fsp3) is 0.130. The number of aromatic amines is 1. The van der Waals surface area contributed by atoms with E-state index in [2.05, 4.69) is 21.2 Å². The van der Waals surface area contributed by atoms with E-state index in [9.17, 15) is 15.2 Å². The maximum absolute atomic E-state index is 10.6. The number of carboxylic acid groups (broad SMARTS) is 1. The largest absolute Gasteiger partial charge is 1.00 e. The fourth-order valence-corrected chi connectivity index (χ4v) is 3.11. The van der Waals surface area contributed by atoms with Gasteiger partial charge in [0.1, 0.15) is 11.8 Å². The summed E-state index contributed by atoms with van der Waals surface area (Å²) in [6, 6.07) is 14.6. The van der Waals surface area contributed by atoms with Crippen LogP contribution in [0, 0.1) is 11.3 Å². The summed E-state index contributed by atoms with van der Waals surface area (Å²) in [6.45, 7) is 3.78. The van der Waals surface area contributed by atoms with E-state index < -0.39 is 5.97 Å².